The molecule has 3 atom stereocenters. The molecular formula is C17H30O5. The van der Waals surface area contributed by atoms with Crippen molar-refractivity contribution in [3.05, 3.63) is 12.7 Å². The molecule has 5 nitrogen and oxygen atoms in total. The van der Waals surface area contributed by atoms with Crippen LogP contribution in [0.15, 0.2) is 12.7 Å². The van der Waals surface area contributed by atoms with Gasteiger partial charge in [0.2, 0.25) is 0 Å². The quantitative estimate of drug-likeness (QED) is 0.496. The lowest BCUT2D eigenvalue weighted by Crippen LogP contribution is -2.47. The number of aliphatic hydroxyl groups is 1. The molecule has 5 heteroatoms. The van der Waals surface area contributed by atoms with E-state index in [4.69, 9.17) is 9.47 Å². The first-order valence-electron chi connectivity index (χ1n) is 7.85. The van der Waals surface area contributed by atoms with Gasteiger partial charge in [0.05, 0.1) is 12.0 Å². The highest BCUT2D eigenvalue weighted by Crippen LogP contribution is 2.31. The zero-order valence-electron chi connectivity index (χ0n) is 14.4. The molecule has 0 aliphatic heterocycles. The van der Waals surface area contributed by atoms with E-state index in [0.717, 1.165) is 12.5 Å². The average molecular weight is 314 g/mol. The zero-order chi connectivity index (χ0) is 17.3. The van der Waals surface area contributed by atoms with Crippen LogP contribution in [-0.2, 0) is 19.1 Å². The van der Waals surface area contributed by atoms with E-state index in [0.29, 0.717) is 12.8 Å². The maximum absolute atomic E-state index is 11.7. The van der Waals surface area contributed by atoms with Crippen molar-refractivity contribution in [2.24, 2.45) is 11.8 Å². The average Bonchev–Trinajstić information content (AvgIpc) is 2.37. The zero-order valence-corrected chi connectivity index (χ0v) is 14.4. The van der Waals surface area contributed by atoms with Crippen LogP contribution in [0.3, 0.4) is 0 Å². The second-order valence-corrected chi connectivity index (χ2v) is 6.32. The summed E-state index contributed by atoms with van der Waals surface area (Å²) in [6.07, 6.45) is 1.97. The third-order valence-electron chi connectivity index (χ3n) is 3.61. The van der Waals surface area contributed by atoms with E-state index < -0.39 is 23.6 Å². The molecule has 0 aromatic rings. The lowest BCUT2D eigenvalue weighted by Gasteiger charge is -2.38. The molecule has 0 aromatic carbocycles. The highest BCUT2D eigenvalue weighted by molar-refractivity contribution is 5.81. The summed E-state index contributed by atoms with van der Waals surface area (Å²) in [7, 11) is 0. The number of hydrogen-bond donors (Lipinski definition) is 1. The van der Waals surface area contributed by atoms with Gasteiger partial charge in [-0.1, -0.05) is 33.8 Å². The Bertz CT molecular complexity index is 375. The van der Waals surface area contributed by atoms with Crippen LogP contribution in [0.25, 0.3) is 0 Å². The molecule has 0 amide bonds. The highest BCUT2D eigenvalue weighted by atomic mass is 16.6. The van der Waals surface area contributed by atoms with Crippen LogP contribution < -0.4 is 0 Å². The molecule has 0 spiro atoms. The van der Waals surface area contributed by atoms with Gasteiger partial charge in [0.25, 0.3) is 0 Å². The summed E-state index contributed by atoms with van der Waals surface area (Å²) < 4.78 is 10.7. The fourth-order valence-electron chi connectivity index (χ4n) is 2.48. The Labute approximate surface area is 133 Å². The Kier molecular flexibility index (Phi) is 9.02. The fraction of sp³-hybridized carbons (Fsp3) is 0.765. The molecule has 128 valence electrons. The Morgan fingerprint density at radius 2 is 1.91 bits per heavy atom. The predicted molar refractivity (Wildman–Crippen MR) is 85.2 cm³/mol. The van der Waals surface area contributed by atoms with Crippen LogP contribution in [-0.4, -0.2) is 35.4 Å². The van der Waals surface area contributed by atoms with Gasteiger partial charge in [-0.05, 0) is 26.2 Å². The van der Waals surface area contributed by atoms with Gasteiger partial charge in [0.1, 0.15) is 12.2 Å². The molecule has 0 radical (unpaired) electrons. The first-order chi connectivity index (χ1) is 10.2. The predicted octanol–water partition coefficient (Wildman–Crippen LogP) is 2.86. The van der Waals surface area contributed by atoms with Crippen LogP contribution in [0, 0.1) is 11.8 Å². The molecule has 0 heterocycles. The molecular weight excluding hydrogens is 284 g/mol. The standard InChI is InChI=1S/C17H30O5/c1-7-9-17(6,22-15(19)8-2)14(13(5)18)11-21-16(20)10-12(3)4/h8,12-14,18H,2,7,9-11H2,1,3-6H3. The lowest BCUT2D eigenvalue weighted by atomic mass is 9.82. The first-order valence-corrected chi connectivity index (χ1v) is 7.85. The SMILES string of the molecule is C=CC(=O)OC(C)(CCC)C(COC(=O)CC(C)C)C(C)O. The summed E-state index contributed by atoms with van der Waals surface area (Å²) in [5, 5.41) is 10.0. The number of carbonyl (C=O) groups is 2. The summed E-state index contributed by atoms with van der Waals surface area (Å²) in [6, 6.07) is 0. The van der Waals surface area contributed by atoms with E-state index in [2.05, 4.69) is 6.58 Å². The molecule has 0 saturated heterocycles. The van der Waals surface area contributed by atoms with Crippen molar-refractivity contribution in [1.82, 2.24) is 0 Å². The third-order valence-corrected chi connectivity index (χ3v) is 3.61. The number of aliphatic hydroxyl groups excluding tert-OH is 1. The van der Waals surface area contributed by atoms with Gasteiger partial charge in [0, 0.05) is 12.5 Å². The van der Waals surface area contributed by atoms with Crippen molar-refractivity contribution in [3.63, 3.8) is 0 Å². The summed E-state index contributed by atoms with van der Waals surface area (Å²) in [4.78, 5) is 23.3. The number of ether oxygens (including phenoxy) is 2. The molecule has 0 aliphatic carbocycles. The summed E-state index contributed by atoms with van der Waals surface area (Å²) >= 11 is 0. The van der Waals surface area contributed by atoms with Gasteiger partial charge in [-0.3, -0.25) is 4.79 Å². The molecule has 1 N–H and O–H groups in total. The summed E-state index contributed by atoms with van der Waals surface area (Å²) in [5.74, 6) is -1.14. The van der Waals surface area contributed by atoms with Crippen LogP contribution in [0.2, 0.25) is 0 Å². The van der Waals surface area contributed by atoms with Crippen molar-refractivity contribution in [1.29, 1.82) is 0 Å². The molecule has 3 unspecified atom stereocenters. The van der Waals surface area contributed by atoms with E-state index >= 15 is 0 Å². The van der Waals surface area contributed by atoms with E-state index in [1.54, 1.807) is 13.8 Å². The smallest absolute Gasteiger partial charge is 0.330 e. The van der Waals surface area contributed by atoms with Crippen molar-refractivity contribution >= 4 is 11.9 Å². The molecule has 22 heavy (non-hydrogen) atoms. The Balaban J connectivity index is 5.01. The van der Waals surface area contributed by atoms with Gasteiger partial charge in [-0.25, -0.2) is 4.79 Å². The van der Waals surface area contributed by atoms with Crippen molar-refractivity contribution < 1.29 is 24.2 Å². The minimum Gasteiger partial charge on any atom is -0.465 e. The van der Waals surface area contributed by atoms with Gasteiger partial charge in [-0.2, -0.15) is 0 Å². The third kappa shape index (κ3) is 7.07. The topological polar surface area (TPSA) is 72.8 Å². The Hall–Kier alpha value is -1.36. The number of hydrogen-bond acceptors (Lipinski definition) is 5. The first kappa shape index (κ1) is 20.6. The van der Waals surface area contributed by atoms with E-state index in [9.17, 15) is 14.7 Å². The van der Waals surface area contributed by atoms with Crippen LogP contribution in [0.5, 0.6) is 0 Å². The van der Waals surface area contributed by atoms with Crippen molar-refractivity contribution in [3.8, 4) is 0 Å². The molecule has 0 fully saturated rings. The van der Waals surface area contributed by atoms with Crippen LogP contribution in [0.1, 0.15) is 53.9 Å². The fourth-order valence-corrected chi connectivity index (χ4v) is 2.48. The van der Waals surface area contributed by atoms with Crippen LogP contribution in [0.4, 0.5) is 0 Å². The molecule has 0 aromatic heterocycles. The second-order valence-electron chi connectivity index (χ2n) is 6.32. The van der Waals surface area contributed by atoms with Gasteiger partial charge in [-0.15, -0.1) is 0 Å². The van der Waals surface area contributed by atoms with E-state index in [-0.39, 0.29) is 18.5 Å². The minimum atomic E-state index is -0.910. The molecule has 0 bridgehead atoms. The normalized spacial score (nSPS) is 16.5. The van der Waals surface area contributed by atoms with Crippen molar-refractivity contribution in [2.75, 3.05) is 6.61 Å². The van der Waals surface area contributed by atoms with E-state index in [1.807, 2.05) is 20.8 Å². The Morgan fingerprint density at radius 1 is 1.32 bits per heavy atom. The van der Waals surface area contributed by atoms with Crippen molar-refractivity contribution in [2.45, 2.75) is 65.6 Å². The number of rotatable bonds is 10. The van der Waals surface area contributed by atoms with Gasteiger partial charge in [0.15, 0.2) is 0 Å². The van der Waals surface area contributed by atoms with E-state index in [1.165, 1.54) is 0 Å². The monoisotopic (exact) mass is 314 g/mol. The molecule has 0 rings (SSSR count). The second kappa shape index (κ2) is 9.62. The Morgan fingerprint density at radius 3 is 2.32 bits per heavy atom. The van der Waals surface area contributed by atoms with Gasteiger partial charge < -0.3 is 14.6 Å². The minimum absolute atomic E-state index is 0.0180. The maximum Gasteiger partial charge on any atom is 0.330 e. The highest BCUT2D eigenvalue weighted by Gasteiger charge is 2.40. The van der Waals surface area contributed by atoms with Crippen LogP contribution >= 0.6 is 0 Å². The largest absolute Gasteiger partial charge is 0.465 e. The molecule has 0 saturated carbocycles. The summed E-state index contributed by atoms with van der Waals surface area (Å²) in [5.41, 5.74) is -0.910. The number of carbonyl (C=O) groups excluding carboxylic acids is 2. The molecule has 0 aliphatic rings. The number of esters is 2. The summed E-state index contributed by atoms with van der Waals surface area (Å²) in [6.45, 7) is 12.6. The van der Waals surface area contributed by atoms with Gasteiger partial charge >= 0.3 is 11.9 Å². The lowest BCUT2D eigenvalue weighted by molar-refractivity contribution is -0.171. The maximum atomic E-state index is 11.7.